The van der Waals surface area contributed by atoms with Crippen LogP contribution in [0.3, 0.4) is 0 Å². The van der Waals surface area contributed by atoms with Gasteiger partial charge in [-0.05, 0) is 29.6 Å². The minimum absolute atomic E-state index is 0.659. The molecule has 0 aliphatic heterocycles. The fraction of sp³-hybridized carbons (Fsp3) is 0.167. The van der Waals surface area contributed by atoms with E-state index in [-0.39, 0.29) is 0 Å². The minimum Gasteiger partial charge on any atom is -0.491 e. The van der Waals surface area contributed by atoms with Gasteiger partial charge in [-0.1, -0.05) is 22.0 Å². The number of thiophene rings is 1. The Bertz CT molecular complexity index is 456. The summed E-state index contributed by atoms with van der Waals surface area (Å²) in [7, 11) is 0. The predicted molar refractivity (Wildman–Crippen MR) is 72.1 cm³/mol. The number of nitrogen functional groups attached to an aromatic ring is 1. The van der Waals surface area contributed by atoms with Crippen LogP contribution in [-0.4, -0.2) is 6.61 Å². The normalized spacial score (nSPS) is 10.3. The van der Waals surface area contributed by atoms with E-state index in [2.05, 4.69) is 27.4 Å². The van der Waals surface area contributed by atoms with E-state index in [1.807, 2.05) is 24.3 Å². The van der Waals surface area contributed by atoms with E-state index in [4.69, 9.17) is 10.5 Å². The molecule has 0 saturated heterocycles. The van der Waals surface area contributed by atoms with Crippen LogP contribution in [0.4, 0.5) is 5.69 Å². The van der Waals surface area contributed by atoms with Crippen LogP contribution in [0.15, 0.2) is 40.2 Å². The van der Waals surface area contributed by atoms with Gasteiger partial charge in [0.05, 0.1) is 12.3 Å². The smallest absolute Gasteiger partial charge is 0.142 e. The molecular formula is C12H12BrNOS. The molecule has 84 valence electrons. The quantitative estimate of drug-likeness (QED) is 0.873. The molecule has 1 aromatic heterocycles. The zero-order valence-electron chi connectivity index (χ0n) is 8.65. The van der Waals surface area contributed by atoms with Crippen LogP contribution in [-0.2, 0) is 6.42 Å². The third kappa shape index (κ3) is 3.00. The Morgan fingerprint density at radius 1 is 1.31 bits per heavy atom. The summed E-state index contributed by atoms with van der Waals surface area (Å²) in [5.74, 6) is 0.750. The van der Waals surface area contributed by atoms with Crippen molar-refractivity contribution in [1.29, 1.82) is 0 Å². The van der Waals surface area contributed by atoms with Crippen LogP contribution in [0.1, 0.15) is 4.88 Å². The molecule has 0 unspecified atom stereocenters. The lowest BCUT2D eigenvalue weighted by Crippen LogP contribution is -2.02. The van der Waals surface area contributed by atoms with Crippen LogP contribution in [0.2, 0.25) is 0 Å². The van der Waals surface area contributed by atoms with Gasteiger partial charge in [-0.2, -0.15) is 0 Å². The molecule has 4 heteroatoms. The van der Waals surface area contributed by atoms with Crippen molar-refractivity contribution in [2.24, 2.45) is 0 Å². The fourth-order valence-electron chi connectivity index (χ4n) is 1.37. The second-order valence-corrected chi connectivity index (χ2v) is 5.31. The van der Waals surface area contributed by atoms with Gasteiger partial charge >= 0.3 is 0 Å². The largest absolute Gasteiger partial charge is 0.491 e. The minimum atomic E-state index is 0.659. The van der Waals surface area contributed by atoms with Gasteiger partial charge in [0.1, 0.15) is 5.75 Å². The van der Waals surface area contributed by atoms with E-state index >= 15 is 0 Å². The predicted octanol–water partition coefficient (Wildman–Crippen LogP) is 3.71. The summed E-state index contributed by atoms with van der Waals surface area (Å²) in [4.78, 5) is 1.33. The summed E-state index contributed by atoms with van der Waals surface area (Å²) in [6.07, 6.45) is 0.924. The number of halogens is 1. The number of ether oxygens (including phenoxy) is 1. The Balaban J connectivity index is 1.90. The summed E-state index contributed by atoms with van der Waals surface area (Å²) in [5, 5.41) is 2.07. The summed E-state index contributed by atoms with van der Waals surface area (Å²) in [5.41, 5.74) is 6.50. The number of hydrogen-bond donors (Lipinski definition) is 1. The Morgan fingerprint density at radius 3 is 2.88 bits per heavy atom. The van der Waals surface area contributed by atoms with Crippen molar-refractivity contribution >= 4 is 33.0 Å². The summed E-state index contributed by atoms with van der Waals surface area (Å²) in [6.45, 7) is 0.659. The zero-order chi connectivity index (χ0) is 11.4. The molecule has 0 radical (unpaired) electrons. The molecule has 0 bridgehead atoms. The Morgan fingerprint density at radius 2 is 2.19 bits per heavy atom. The zero-order valence-corrected chi connectivity index (χ0v) is 11.1. The molecule has 2 N–H and O–H groups in total. The van der Waals surface area contributed by atoms with Crippen molar-refractivity contribution in [1.82, 2.24) is 0 Å². The van der Waals surface area contributed by atoms with E-state index in [1.165, 1.54) is 4.88 Å². The van der Waals surface area contributed by atoms with Gasteiger partial charge in [-0.3, -0.25) is 0 Å². The van der Waals surface area contributed by atoms with E-state index in [9.17, 15) is 0 Å². The van der Waals surface area contributed by atoms with Gasteiger partial charge in [0.15, 0.2) is 0 Å². The standard InChI is InChI=1S/C12H12BrNOS/c13-9-3-4-12(11(14)8-9)15-6-5-10-2-1-7-16-10/h1-4,7-8H,5-6,14H2. The molecule has 0 fully saturated rings. The lowest BCUT2D eigenvalue weighted by atomic mass is 10.3. The third-order valence-electron chi connectivity index (χ3n) is 2.16. The van der Waals surface area contributed by atoms with Gasteiger partial charge in [-0.25, -0.2) is 0 Å². The highest BCUT2D eigenvalue weighted by molar-refractivity contribution is 9.10. The second-order valence-electron chi connectivity index (χ2n) is 3.36. The van der Waals surface area contributed by atoms with Gasteiger partial charge in [0.25, 0.3) is 0 Å². The van der Waals surface area contributed by atoms with Gasteiger partial charge < -0.3 is 10.5 Å². The molecule has 0 amide bonds. The SMILES string of the molecule is Nc1cc(Br)ccc1OCCc1cccs1. The topological polar surface area (TPSA) is 35.2 Å². The van der Waals surface area contributed by atoms with Gasteiger partial charge in [0, 0.05) is 15.8 Å². The molecule has 1 heterocycles. The van der Waals surface area contributed by atoms with Crippen molar-refractivity contribution in [3.63, 3.8) is 0 Å². The Hall–Kier alpha value is -1.00. The molecule has 2 nitrogen and oxygen atoms in total. The third-order valence-corrected chi connectivity index (χ3v) is 3.59. The van der Waals surface area contributed by atoms with E-state index in [0.717, 1.165) is 16.6 Å². The first-order valence-electron chi connectivity index (χ1n) is 4.96. The van der Waals surface area contributed by atoms with Gasteiger partial charge in [0.2, 0.25) is 0 Å². The number of nitrogens with two attached hydrogens (primary N) is 1. The molecule has 0 saturated carbocycles. The number of anilines is 1. The molecule has 0 atom stereocenters. The number of hydrogen-bond acceptors (Lipinski definition) is 3. The second kappa shape index (κ2) is 5.37. The first-order chi connectivity index (χ1) is 7.75. The molecule has 16 heavy (non-hydrogen) atoms. The van der Waals surface area contributed by atoms with Crippen LogP contribution in [0.25, 0.3) is 0 Å². The lowest BCUT2D eigenvalue weighted by Gasteiger charge is -2.08. The highest BCUT2D eigenvalue weighted by Crippen LogP contribution is 2.25. The molecule has 2 rings (SSSR count). The van der Waals surface area contributed by atoms with Crippen molar-refractivity contribution in [3.8, 4) is 5.75 Å². The Kier molecular flexibility index (Phi) is 3.85. The molecule has 0 aliphatic rings. The molecule has 0 spiro atoms. The van der Waals surface area contributed by atoms with E-state index in [0.29, 0.717) is 12.3 Å². The maximum absolute atomic E-state index is 5.83. The van der Waals surface area contributed by atoms with Crippen molar-refractivity contribution < 1.29 is 4.74 Å². The van der Waals surface area contributed by atoms with E-state index in [1.54, 1.807) is 11.3 Å². The molecule has 0 aliphatic carbocycles. The Labute approximate surface area is 107 Å². The monoisotopic (exact) mass is 297 g/mol. The van der Waals surface area contributed by atoms with Crippen molar-refractivity contribution in [3.05, 3.63) is 45.1 Å². The van der Waals surface area contributed by atoms with Crippen molar-refractivity contribution in [2.75, 3.05) is 12.3 Å². The highest BCUT2D eigenvalue weighted by Gasteiger charge is 2.01. The maximum Gasteiger partial charge on any atom is 0.142 e. The molecular weight excluding hydrogens is 286 g/mol. The summed E-state index contributed by atoms with van der Waals surface area (Å²) in [6, 6.07) is 9.82. The average Bonchev–Trinajstić information content (AvgIpc) is 2.74. The molecule has 1 aromatic carbocycles. The van der Waals surface area contributed by atoms with Crippen LogP contribution in [0.5, 0.6) is 5.75 Å². The average molecular weight is 298 g/mol. The lowest BCUT2D eigenvalue weighted by molar-refractivity contribution is 0.324. The first-order valence-corrected chi connectivity index (χ1v) is 6.63. The fourth-order valence-corrected chi connectivity index (χ4v) is 2.44. The molecule has 2 aromatic rings. The van der Waals surface area contributed by atoms with Crippen LogP contribution >= 0.6 is 27.3 Å². The first kappa shape index (κ1) is 11.5. The van der Waals surface area contributed by atoms with Crippen LogP contribution < -0.4 is 10.5 Å². The number of benzene rings is 1. The van der Waals surface area contributed by atoms with Gasteiger partial charge in [-0.15, -0.1) is 11.3 Å². The van der Waals surface area contributed by atoms with Crippen molar-refractivity contribution in [2.45, 2.75) is 6.42 Å². The van der Waals surface area contributed by atoms with E-state index < -0.39 is 0 Å². The number of rotatable bonds is 4. The summed E-state index contributed by atoms with van der Waals surface area (Å²) >= 11 is 5.11. The van der Waals surface area contributed by atoms with Crippen LogP contribution in [0, 0.1) is 0 Å². The summed E-state index contributed by atoms with van der Waals surface area (Å²) < 4.78 is 6.59. The maximum atomic E-state index is 5.83. The highest BCUT2D eigenvalue weighted by atomic mass is 79.9.